The molecule has 0 saturated carbocycles. The van der Waals surface area contributed by atoms with Gasteiger partial charge in [0.2, 0.25) is 10.0 Å². The first-order chi connectivity index (χ1) is 5.74. The molecule has 1 atom stereocenters. The summed E-state index contributed by atoms with van der Waals surface area (Å²) in [5.74, 6) is -1.24. The predicted octanol–water partition coefficient (Wildman–Crippen LogP) is 0.0349. The Balaban J connectivity index is 4.27. The topological polar surface area (TPSA) is 83.5 Å². The average molecular weight is 209 g/mol. The summed E-state index contributed by atoms with van der Waals surface area (Å²) in [6, 6.07) is -1.07. The van der Waals surface area contributed by atoms with E-state index in [2.05, 4.69) is 4.72 Å². The van der Waals surface area contributed by atoms with Crippen molar-refractivity contribution in [2.24, 2.45) is 5.92 Å². The number of carbonyl (C=O) groups is 1. The van der Waals surface area contributed by atoms with Crippen LogP contribution in [0.25, 0.3) is 0 Å². The standard InChI is InChI=1S/C7H15NO4S/c1-5(2)4-13(11,12)8-6(3)7(9)10/h5-6,8H,4H2,1-3H3,(H,9,10)/t6-/m1/s1. The molecule has 0 aromatic rings. The lowest BCUT2D eigenvalue weighted by Gasteiger charge is -2.11. The molecule has 0 aliphatic heterocycles. The number of hydrogen-bond acceptors (Lipinski definition) is 3. The fourth-order valence-corrected chi connectivity index (χ4v) is 2.42. The highest BCUT2D eigenvalue weighted by atomic mass is 32.2. The molecule has 0 unspecified atom stereocenters. The molecule has 13 heavy (non-hydrogen) atoms. The molecule has 0 radical (unpaired) electrons. The van der Waals surface area contributed by atoms with Crippen LogP contribution in [0.2, 0.25) is 0 Å². The second kappa shape index (κ2) is 4.57. The van der Waals surface area contributed by atoms with Crippen LogP contribution in [0.5, 0.6) is 0 Å². The number of rotatable bonds is 5. The van der Waals surface area contributed by atoms with E-state index in [9.17, 15) is 13.2 Å². The maximum Gasteiger partial charge on any atom is 0.321 e. The van der Waals surface area contributed by atoms with E-state index in [-0.39, 0.29) is 11.7 Å². The summed E-state index contributed by atoms with van der Waals surface area (Å²) in [5, 5.41) is 8.45. The van der Waals surface area contributed by atoms with Crippen LogP contribution in [0.3, 0.4) is 0 Å². The van der Waals surface area contributed by atoms with E-state index >= 15 is 0 Å². The van der Waals surface area contributed by atoms with E-state index in [0.29, 0.717) is 0 Å². The third-order valence-electron chi connectivity index (χ3n) is 1.28. The lowest BCUT2D eigenvalue weighted by Crippen LogP contribution is -2.40. The average Bonchev–Trinajstić information content (AvgIpc) is 1.81. The van der Waals surface area contributed by atoms with Gasteiger partial charge in [0.1, 0.15) is 6.04 Å². The van der Waals surface area contributed by atoms with Crippen molar-refractivity contribution < 1.29 is 18.3 Å². The largest absolute Gasteiger partial charge is 0.480 e. The second-order valence-electron chi connectivity index (χ2n) is 3.35. The van der Waals surface area contributed by atoms with Crippen molar-refractivity contribution in [3.63, 3.8) is 0 Å². The molecule has 0 heterocycles. The number of carboxylic acids is 1. The van der Waals surface area contributed by atoms with Gasteiger partial charge in [-0.15, -0.1) is 0 Å². The highest BCUT2D eigenvalue weighted by Crippen LogP contribution is 1.98. The molecule has 0 spiro atoms. The Hall–Kier alpha value is -0.620. The molecule has 0 aliphatic rings. The molecule has 5 nitrogen and oxygen atoms in total. The van der Waals surface area contributed by atoms with Gasteiger partial charge in [0.25, 0.3) is 0 Å². The zero-order valence-corrected chi connectivity index (χ0v) is 8.76. The maximum atomic E-state index is 11.2. The molecule has 0 amide bonds. The summed E-state index contributed by atoms with van der Waals surface area (Å²) < 4.78 is 24.4. The van der Waals surface area contributed by atoms with E-state index < -0.39 is 22.0 Å². The van der Waals surface area contributed by atoms with Crippen LogP contribution in [0.15, 0.2) is 0 Å². The number of nitrogens with one attached hydrogen (secondary N) is 1. The van der Waals surface area contributed by atoms with Crippen LogP contribution in [0.4, 0.5) is 0 Å². The number of sulfonamides is 1. The van der Waals surface area contributed by atoms with Gasteiger partial charge >= 0.3 is 5.97 Å². The molecule has 0 fully saturated rings. The van der Waals surface area contributed by atoms with Gasteiger partial charge in [0.05, 0.1) is 5.75 Å². The summed E-state index contributed by atoms with van der Waals surface area (Å²) >= 11 is 0. The molecule has 0 aromatic heterocycles. The third kappa shape index (κ3) is 5.59. The molecule has 2 N–H and O–H groups in total. The van der Waals surface area contributed by atoms with Crippen molar-refractivity contribution in [2.45, 2.75) is 26.8 Å². The molecule has 0 aromatic carbocycles. The Kier molecular flexibility index (Phi) is 4.35. The van der Waals surface area contributed by atoms with Crippen molar-refractivity contribution in [1.82, 2.24) is 4.72 Å². The smallest absolute Gasteiger partial charge is 0.321 e. The quantitative estimate of drug-likeness (QED) is 0.669. The lowest BCUT2D eigenvalue weighted by molar-refractivity contribution is -0.138. The Labute approximate surface area is 78.2 Å². The maximum absolute atomic E-state index is 11.2. The van der Waals surface area contributed by atoms with Gasteiger partial charge in [0.15, 0.2) is 0 Å². The number of aliphatic carboxylic acids is 1. The summed E-state index contributed by atoms with van der Waals surface area (Å²) in [4.78, 5) is 10.3. The van der Waals surface area contributed by atoms with Crippen LogP contribution >= 0.6 is 0 Å². The normalized spacial score (nSPS) is 14.5. The molecule has 0 bridgehead atoms. The van der Waals surface area contributed by atoms with Crippen LogP contribution in [0, 0.1) is 5.92 Å². The van der Waals surface area contributed by atoms with Gasteiger partial charge in [-0.25, -0.2) is 13.1 Å². The van der Waals surface area contributed by atoms with Gasteiger partial charge in [-0.2, -0.15) is 0 Å². The van der Waals surface area contributed by atoms with Crippen molar-refractivity contribution in [1.29, 1.82) is 0 Å². The highest BCUT2D eigenvalue weighted by Gasteiger charge is 2.19. The zero-order valence-electron chi connectivity index (χ0n) is 7.94. The summed E-state index contributed by atoms with van der Waals surface area (Å²) in [5.41, 5.74) is 0. The molecular formula is C7H15NO4S. The lowest BCUT2D eigenvalue weighted by atomic mass is 10.3. The Morgan fingerprint density at radius 2 is 1.85 bits per heavy atom. The van der Waals surface area contributed by atoms with E-state index in [1.54, 1.807) is 13.8 Å². The minimum Gasteiger partial charge on any atom is -0.480 e. The van der Waals surface area contributed by atoms with Gasteiger partial charge < -0.3 is 5.11 Å². The molecular weight excluding hydrogens is 194 g/mol. The first-order valence-electron chi connectivity index (χ1n) is 3.97. The summed E-state index contributed by atoms with van der Waals surface area (Å²) in [6.45, 7) is 4.80. The zero-order chi connectivity index (χ0) is 10.6. The second-order valence-corrected chi connectivity index (χ2v) is 5.15. The first kappa shape index (κ1) is 12.4. The van der Waals surface area contributed by atoms with Crippen molar-refractivity contribution >= 4 is 16.0 Å². The minimum absolute atomic E-state index is 0.0153. The van der Waals surface area contributed by atoms with Crippen molar-refractivity contribution in [3.8, 4) is 0 Å². The van der Waals surface area contributed by atoms with E-state index in [1.807, 2.05) is 0 Å². The summed E-state index contributed by atoms with van der Waals surface area (Å²) in [6.07, 6.45) is 0. The fourth-order valence-electron chi connectivity index (χ4n) is 0.807. The van der Waals surface area contributed by atoms with Gasteiger partial charge in [-0.1, -0.05) is 13.8 Å². The molecule has 78 valence electrons. The highest BCUT2D eigenvalue weighted by molar-refractivity contribution is 7.89. The van der Waals surface area contributed by atoms with Gasteiger partial charge in [-0.3, -0.25) is 4.79 Å². The SMILES string of the molecule is CC(C)CS(=O)(=O)N[C@H](C)C(=O)O. The van der Waals surface area contributed by atoms with Gasteiger partial charge in [-0.05, 0) is 12.8 Å². The van der Waals surface area contributed by atoms with E-state index in [4.69, 9.17) is 5.11 Å². The number of hydrogen-bond donors (Lipinski definition) is 2. The van der Waals surface area contributed by atoms with E-state index in [0.717, 1.165) is 0 Å². The van der Waals surface area contributed by atoms with Crippen molar-refractivity contribution in [3.05, 3.63) is 0 Å². The molecule has 0 aliphatic carbocycles. The monoisotopic (exact) mass is 209 g/mol. The Morgan fingerprint density at radius 1 is 1.38 bits per heavy atom. The fraction of sp³-hybridized carbons (Fsp3) is 0.857. The molecule has 0 rings (SSSR count). The third-order valence-corrected chi connectivity index (χ3v) is 3.10. The van der Waals surface area contributed by atoms with E-state index in [1.165, 1.54) is 6.92 Å². The van der Waals surface area contributed by atoms with Crippen LogP contribution in [-0.4, -0.2) is 31.3 Å². The van der Waals surface area contributed by atoms with Crippen LogP contribution < -0.4 is 4.72 Å². The molecule has 6 heteroatoms. The minimum atomic E-state index is -3.46. The predicted molar refractivity (Wildman–Crippen MR) is 48.9 cm³/mol. The Morgan fingerprint density at radius 3 is 2.15 bits per heavy atom. The number of carboxylic acid groups (broad SMARTS) is 1. The Bertz CT molecular complexity index is 270. The molecule has 0 saturated heterocycles. The van der Waals surface area contributed by atoms with Crippen molar-refractivity contribution in [2.75, 3.05) is 5.75 Å². The summed E-state index contributed by atoms with van der Waals surface area (Å²) in [7, 11) is -3.46. The van der Waals surface area contributed by atoms with Crippen LogP contribution in [-0.2, 0) is 14.8 Å². The van der Waals surface area contributed by atoms with Gasteiger partial charge in [0, 0.05) is 0 Å². The first-order valence-corrected chi connectivity index (χ1v) is 5.62. The van der Waals surface area contributed by atoms with Crippen LogP contribution in [0.1, 0.15) is 20.8 Å².